The Hall–Kier alpha value is -0.940. The minimum absolute atomic E-state index is 0.0164. The summed E-state index contributed by atoms with van der Waals surface area (Å²) in [5.41, 5.74) is 3.02. The fourth-order valence-corrected chi connectivity index (χ4v) is 3.73. The van der Waals surface area contributed by atoms with E-state index in [-0.39, 0.29) is 11.9 Å². The molecule has 1 aliphatic carbocycles. The minimum Gasteiger partial charge on any atom is -0.466 e. The molecule has 0 amide bonds. The average Bonchev–Trinajstić information content (AvgIpc) is 2.86. The number of hydrogen-bond acceptors (Lipinski definition) is 5. The molecule has 4 nitrogen and oxygen atoms in total. The molecular formula is C15H24N2O2S. The topological polar surface area (TPSA) is 51.2 Å². The van der Waals surface area contributed by atoms with Crippen molar-refractivity contribution in [3.63, 3.8) is 0 Å². The third-order valence-corrected chi connectivity index (χ3v) is 5.12. The van der Waals surface area contributed by atoms with Gasteiger partial charge >= 0.3 is 5.97 Å². The van der Waals surface area contributed by atoms with Crippen LogP contribution in [0.25, 0.3) is 0 Å². The molecule has 2 rings (SSSR count). The molecule has 1 aromatic heterocycles. The van der Waals surface area contributed by atoms with Crippen LogP contribution in [0, 0.1) is 12.8 Å². The lowest BCUT2D eigenvalue weighted by Gasteiger charge is -2.30. The molecule has 0 radical (unpaired) electrons. The maximum Gasteiger partial charge on any atom is 0.308 e. The number of aromatic nitrogens is 1. The van der Waals surface area contributed by atoms with Crippen LogP contribution in [-0.2, 0) is 9.53 Å². The lowest BCUT2D eigenvalue weighted by molar-refractivity contribution is -0.149. The summed E-state index contributed by atoms with van der Waals surface area (Å²) in [5.74, 6) is 0.0887. The molecule has 1 fully saturated rings. The van der Waals surface area contributed by atoms with E-state index in [0.717, 1.165) is 31.4 Å². The summed E-state index contributed by atoms with van der Waals surface area (Å²) in [6.07, 6.45) is 3.97. The summed E-state index contributed by atoms with van der Waals surface area (Å²) in [7, 11) is 0. The normalized spacial score (nSPS) is 24.4. The number of esters is 1. The van der Waals surface area contributed by atoms with E-state index < -0.39 is 0 Å². The zero-order chi connectivity index (χ0) is 14.5. The molecular weight excluding hydrogens is 272 g/mol. The van der Waals surface area contributed by atoms with Crippen LogP contribution >= 0.6 is 11.3 Å². The number of thiazole rings is 1. The van der Waals surface area contributed by atoms with Gasteiger partial charge in [0.2, 0.25) is 0 Å². The first-order chi connectivity index (χ1) is 9.61. The maximum atomic E-state index is 11.7. The van der Waals surface area contributed by atoms with Crippen molar-refractivity contribution in [2.75, 3.05) is 6.61 Å². The number of carbonyl (C=O) groups is 1. The number of aryl methyl sites for hydroxylation is 1. The van der Waals surface area contributed by atoms with Crippen molar-refractivity contribution in [2.45, 2.75) is 58.5 Å². The quantitative estimate of drug-likeness (QED) is 0.848. The number of ether oxygens (including phenoxy) is 1. The van der Waals surface area contributed by atoms with E-state index in [1.165, 1.54) is 4.88 Å². The lowest BCUT2D eigenvalue weighted by Crippen LogP contribution is -2.36. The Bertz CT molecular complexity index is 439. The Morgan fingerprint density at radius 1 is 1.50 bits per heavy atom. The average molecular weight is 296 g/mol. The van der Waals surface area contributed by atoms with E-state index in [1.54, 1.807) is 11.3 Å². The summed E-state index contributed by atoms with van der Waals surface area (Å²) in [5, 5.41) is 3.67. The van der Waals surface area contributed by atoms with Gasteiger partial charge in [-0.1, -0.05) is 0 Å². The molecule has 112 valence electrons. The van der Waals surface area contributed by atoms with Crippen LogP contribution in [0.4, 0.5) is 0 Å². The highest BCUT2D eigenvalue weighted by Crippen LogP contribution is 2.28. The van der Waals surface area contributed by atoms with Crippen LogP contribution in [0.1, 0.15) is 56.1 Å². The second-order valence-corrected chi connectivity index (χ2v) is 6.38. The Balaban J connectivity index is 1.80. The van der Waals surface area contributed by atoms with Crippen LogP contribution < -0.4 is 5.32 Å². The van der Waals surface area contributed by atoms with Crippen molar-refractivity contribution in [1.29, 1.82) is 0 Å². The molecule has 0 bridgehead atoms. The van der Waals surface area contributed by atoms with Crippen molar-refractivity contribution in [2.24, 2.45) is 5.92 Å². The van der Waals surface area contributed by atoms with Gasteiger partial charge in [0.25, 0.3) is 0 Å². The molecule has 1 aliphatic rings. The van der Waals surface area contributed by atoms with E-state index in [0.29, 0.717) is 18.7 Å². The van der Waals surface area contributed by atoms with E-state index in [4.69, 9.17) is 4.74 Å². The van der Waals surface area contributed by atoms with Crippen LogP contribution in [-0.4, -0.2) is 23.6 Å². The molecule has 1 aromatic rings. The first-order valence-corrected chi connectivity index (χ1v) is 8.32. The molecule has 20 heavy (non-hydrogen) atoms. The highest BCUT2D eigenvalue weighted by molar-refractivity contribution is 7.09. The molecule has 1 unspecified atom stereocenters. The van der Waals surface area contributed by atoms with Gasteiger partial charge in [0, 0.05) is 17.0 Å². The van der Waals surface area contributed by atoms with Crippen molar-refractivity contribution >= 4 is 17.3 Å². The summed E-state index contributed by atoms with van der Waals surface area (Å²) in [4.78, 5) is 17.3. The standard InChI is InChI=1S/C15H24N2O2S/c1-4-19-15(18)12-5-7-13(8-6-12)17-11(3)14-10(2)16-9-20-14/h9,11-13,17H,4-8H2,1-3H3. The molecule has 1 N–H and O–H groups in total. The van der Waals surface area contributed by atoms with Gasteiger partial charge in [-0.3, -0.25) is 4.79 Å². The smallest absolute Gasteiger partial charge is 0.308 e. The van der Waals surface area contributed by atoms with Crippen LogP contribution in [0.5, 0.6) is 0 Å². The largest absolute Gasteiger partial charge is 0.466 e. The second kappa shape index (κ2) is 7.18. The molecule has 1 atom stereocenters. The van der Waals surface area contributed by atoms with Crippen LogP contribution in [0.3, 0.4) is 0 Å². The first kappa shape index (κ1) is 15.4. The van der Waals surface area contributed by atoms with E-state index >= 15 is 0 Å². The number of rotatable bonds is 5. The van der Waals surface area contributed by atoms with Gasteiger partial charge in [0.05, 0.1) is 23.7 Å². The predicted molar refractivity (Wildman–Crippen MR) is 80.8 cm³/mol. The summed E-state index contributed by atoms with van der Waals surface area (Å²) in [6.45, 7) is 6.60. The van der Waals surface area contributed by atoms with Crippen molar-refractivity contribution in [3.8, 4) is 0 Å². The third-order valence-electron chi connectivity index (χ3n) is 4.01. The number of nitrogens with zero attached hydrogens (tertiary/aromatic N) is 1. The highest BCUT2D eigenvalue weighted by atomic mass is 32.1. The fourth-order valence-electron chi connectivity index (χ4n) is 2.91. The van der Waals surface area contributed by atoms with Crippen LogP contribution in [0.15, 0.2) is 5.51 Å². The second-order valence-electron chi connectivity index (χ2n) is 5.49. The lowest BCUT2D eigenvalue weighted by atomic mass is 9.86. The third kappa shape index (κ3) is 3.79. The van der Waals surface area contributed by atoms with Gasteiger partial charge in [-0.05, 0) is 46.5 Å². The van der Waals surface area contributed by atoms with Gasteiger partial charge in [0.1, 0.15) is 0 Å². The predicted octanol–water partition coefficient (Wildman–Crippen LogP) is 3.22. The molecule has 0 spiro atoms. The Kier molecular flexibility index (Phi) is 5.54. The number of carbonyl (C=O) groups excluding carboxylic acids is 1. The summed E-state index contributed by atoms with van der Waals surface area (Å²) >= 11 is 1.71. The van der Waals surface area contributed by atoms with Gasteiger partial charge in [-0.25, -0.2) is 4.98 Å². The fraction of sp³-hybridized carbons (Fsp3) is 0.733. The van der Waals surface area contributed by atoms with E-state index in [9.17, 15) is 4.79 Å². The number of hydrogen-bond donors (Lipinski definition) is 1. The Morgan fingerprint density at radius 2 is 2.20 bits per heavy atom. The summed E-state index contributed by atoms with van der Waals surface area (Å²) < 4.78 is 5.11. The SMILES string of the molecule is CCOC(=O)C1CCC(NC(C)c2scnc2C)CC1. The molecule has 0 saturated heterocycles. The van der Waals surface area contributed by atoms with Gasteiger partial charge < -0.3 is 10.1 Å². The van der Waals surface area contributed by atoms with Crippen molar-refractivity contribution < 1.29 is 9.53 Å². The monoisotopic (exact) mass is 296 g/mol. The van der Waals surface area contributed by atoms with E-state index in [1.807, 2.05) is 12.4 Å². The van der Waals surface area contributed by atoms with E-state index in [2.05, 4.69) is 24.1 Å². The Labute approximate surface area is 124 Å². The van der Waals surface area contributed by atoms with Gasteiger partial charge in [-0.15, -0.1) is 11.3 Å². The van der Waals surface area contributed by atoms with Crippen LogP contribution in [0.2, 0.25) is 0 Å². The highest BCUT2D eigenvalue weighted by Gasteiger charge is 2.28. The maximum absolute atomic E-state index is 11.7. The summed E-state index contributed by atoms with van der Waals surface area (Å²) in [6, 6.07) is 0.837. The van der Waals surface area contributed by atoms with Crippen molar-refractivity contribution in [3.05, 3.63) is 16.1 Å². The molecule has 1 heterocycles. The molecule has 0 aromatic carbocycles. The zero-order valence-corrected chi connectivity index (χ0v) is 13.3. The molecule has 1 saturated carbocycles. The molecule has 5 heteroatoms. The first-order valence-electron chi connectivity index (χ1n) is 7.44. The minimum atomic E-state index is -0.0164. The molecule has 0 aliphatic heterocycles. The van der Waals surface area contributed by atoms with Gasteiger partial charge in [-0.2, -0.15) is 0 Å². The number of nitrogens with one attached hydrogen (secondary N) is 1. The zero-order valence-electron chi connectivity index (χ0n) is 12.5. The van der Waals surface area contributed by atoms with Crippen molar-refractivity contribution in [1.82, 2.24) is 10.3 Å². The Morgan fingerprint density at radius 3 is 2.75 bits per heavy atom. The van der Waals surface area contributed by atoms with Gasteiger partial charge in [0.15, 0.2) is 0 Å².